The van der Waals surface area contributed by atoms with Crippen molar-refractivity contribution in [1.29, 1.82) is 0 Å². The highest BCUT2D eigenvalue weighted by Gasteiger charge is 2.21. The van der Waals surface area contributed by atoms with Gasteiger partial charge in [-0.15, -0.1) is 0 Å². The first-order chi connectivity index (χ1) is 7.63. The molecule has 0 aliphatic heterocycles. The van der Waals surface area contributed by atoms with Crippen molar-refractivity contribution in [3.8, 4) is 0 Å². The maximum absolute atomic E-state index is 11.6. The second kappa shape index (κ2) is 9.37. The lowest BCUT2D eigenvalue weighted by molar-refractivity contribution is -0.150. The van der Waals surface area contributed by atoms with Crippen LogP contribution in [0.25, 0.3) is 0 Å². The number of ether oxygens (including phenoxy) is 1. The molecule has 94 valence electrons. The quantitative estimate of drug-likeness (QED) is 0.346. The SMILES string of the molecule is CCCCCCCC(=O)C(C)C(=O)OCC. The van der Waals surface area contributed by atoms with Crippen molar-refractivity contribution in [2.24, 2.45) is 5.92 Å². The van der Waals surface area contributed by atoms with Crippen molar-refractivity contribution in [2.45, 2.75) is 59.3 Å². The lowest BCUT2D eigenvalue weighted by Gasteiger charge is -2.09. The topological polar surface area (TPSA) is 43.4 Å². The van der Waals surface area contributed by atoms with E-state index in [1.165, 1.54) is 19.3 Å². The van der Waals surface area contributed by atoms with E-state index < -0.39 is 5.92 Å². The van der Waals surface area contributed by atoms with Crippen molar-refractivity contribution in [3.05, 3.63) is 0 Å². The van der Waals surface area contributed by atoms with Crippen molar-refractivity contribution >= 4 is 11.8 Å². The molecule has 0 fully saturated rings. The van der Waals surface area contributed by atoms with Crippen LogP contribution in [0, 0.1) is 5.92 Å². The molecule has 0 aromatic heterocycles. The molecule has 1 unspecified atom stereocenters. The minimum Gasteiger partial charge on any atom is -0.465 e. The molecule has 0 N–H and O–H groups in total. The maximum atomic E-state index is 11.6. The van der Waals surface area contributed by atoms with E-state index >= 15 is 0 Å². The molecule has 0 bridgehead atoms. The third kappa shape index (κ3) is 6.59. The molecule has 0 aliphatic carbocycles. The highest BCUT2D eigenvalue weighted by atomic mass is 16.5. The molecule has 0 heterocycles. The van der Waals surface area contributed by atoms with Gasteiger partial charge in [0.15, 0.2) is 0 Å². The largest absolute Gasteiger partial charge is 0.465 e. The molecule has 0 saturated carbocycles. The first kappa shape index (κ1) is 15.1. The highest BCUT2D eigenvalue weighted by molar-refractivity contribution is 5.98. The average molecular weight is 228 g/mol. The number of ketones is 1. The summed E-state index contributed by atoms with van der Waals surface area (Å²) in [7, 11) is 0. The van der Waals surface area contributed by atoms with E-state index in [2.05, 4.69) is 6.92 Å². The fourth-order valence-electron chi connectivity index (χ4n) is 1.52. The van der Waals surface area contributed by atoms with Crippen LogP contribution < -0.4 is 0 Å². The number of carbonyl (C=O) groups excluding carboxylic acids is 2. The van der Waals surface area contributed by atoms with Crippen molar-refractivity contribution in [2.75, 3.05) is 6.61 Å². The normalized spacial score (nSPS) is 12.2. The molecule has 0 aromatic rings. The van der Waals surface area contributed by atoms with Gasteiger partial charge in [-0.1, -0.05) is 32.6 Å². The molecule has 0 rings (SSSR count). The first-order valence-corrected chi connectivity index (χ1v) is 6.32. The van der Waals surface area contributed by atoms with Gasteiger partial charge in [-0.3, -0.25) is 9.59 Å². The Morgan fingerprint density at radius 1 is 1.06 bits per heavy atom. The number of Topliss-reactive ketones (excluding diaryl/α,β-unsaturated/α-hetero) is 1. The van der Waals surface area contributed by atoms with Gasteiger partial charge in [0.25, 0.3) is 0 Å². The summed E-state index contributed by atoms with van der Waals surface area (Å²) in [4.78, 5) is 22.9. The fraction of sp³-hybridized carbons (Fsp3) is 0.846. The van der Waals surface area contributed by atoms with Crippen LogP contribution in [0.5, 0.6) is 0 Å². The number of hydrogen-bond acceptors (Lipinski definition) is 3. The number of rotatable bonds is 9. The van der Waals surface area contributed by atoms with E-state index in [-0.39, 0.29) is 11.8 Å². The van der Waals surface area contributed by atoms with Gasteiger partial charge in [0.1, 0.15) is 11.7 Å². The zero-order valence-corrected chi connectivity index (χ0v) is 10.8. The van der Waals surface area contributed by atoms with Gasteiger partial charge in [-0.05, 0) is 20.3 Å². The molecule has 0 amide bonds. The van der Waals surface area contributed by atoms with Crippen LogP contribution in [0.1, 0.15) is 59.3 Å². The predicted octanol–water partition coefficient (Wildman–Crippen LogP) is 3.12. The molecule has 0 radical (unpaired) electrons. The van der Waals surface area contributed by atoms with Crippen LogP contribution in [0.2, 0.25) is 0 Å². The van der Waals surface area contributed by atoms with Crippen molar-refractivity contribution < 1.29 is 14.3 Å². The van der Waals surface area contributed by atoms with E-state index in [4.69, 9.17) is 4.74 Å². The molecule has 0 aromatic carbocycles. The summed E-state index contributed by atoms with van der Waals surface area (Å²) in [6.07, 6.45) is 6.08. The number of carbonyl (C=O) groups is 2. The van der Waals surface area contributed by atoms with Crippen LogP contribution >= 0.6 is 0 Å². The van der Waals surface area contributed by atoms with Gasteiger partial charge in [-0.2, -0.15) is 0 Å². The van der Waals surface area contributed by atoms with Crippen molar-refractivity contribution in [1.82, 2.24) is 0 Å². The van der Waals surface area contributed by atoms with Gasteiger partial charge in [0, 0.05) is 6.42 Å². The molecule has 3 nitrogen and oxygen atoms in total. The number of esters is 1. The summed E-state index contributed by atoms with van der Waals surface area (Å²) in [6, 6.07) is 0. The standard InChI is InChI=1S/C13H24O3/c1-4-6-7-8-9-10-12(14)11(3)13(15)16-5-2/h11H,4-10H2,1-3H3. The Hall–Kier alpha value is -0.860. The summed E-state index contributed by atoms with van der Waals surface area (Å²) in [6.45, 7) is 5.88. The Morgan fingerprint density at radius 3 is 2.25 bits per heavy atom. The average Bonchev–Trinajstić information content (AvgIpc) is 2.27. The van der Waals surface area contributed by atoms with Gasteiger partial charge < -0.3 is 4.74 Å². The Balaban J connectivity index is 3.67. The van der Waals surface area contributed by atoms with Crippen LogP contribution in [0.4, 0.5) is 0 Å². The lowest BCUT2D eigenvalue weighted by atomic mass is 10.0. The Bertz CT molecular complexity index is 211. The van der Waals surface area contributed by atoms with Crippen LogP contribution in [0.15, 0.2) is 0 Å². The molecule has 1 atom stereocenters. The Labute approximate surface area is 98.6 Å². The zero-order valence-electron chi connectivity index (χ0n) is 10.8. The minimum absolute atomic E-state index is 0.00921. The Kier molecular flexibility index (Phi) is 8.87. The van der Waals surface area contributed by atoms with Gasteiger partial charge in [0.05, 0.1) is 6.61 Å². The third-order valence-corrected chi connectivity index (χ3v) is 2.65. The first-order valence-electron chi connectivity index (χ1n) is 6.32. The second-order valence-corrected chi connectivity index (χ2v) is 4.10. The third-order valence-electron chi connectivity index (χ3n) is 2.65. The zero-order chi connectivity index (χ0) is 12.4. The summed E-state index contributed by atoms with van der Waals surface area (Å²) in [5.41, 5.74) is 0. The predicted molar refractivity (Wildman–Crippen MR) is 64.2 cm³/mol. The van der Waals surface area contributed by atoms with Gasteiger partial charge in [0.2, 0.25) is 0 Å². The molecular formula is C13H24O3. The minimum atomic E-state index is -0.592. The smallest absolute Gasteiger partial charge is 0.316 e. The maximum Gasteiger partial charge on any atom is 0.316 e. The number of unbranched alkanes of at least 4 members (excludes halogenated alkanes) is 4. The van der Waals surface area contributed by atoms with Crippen LogP contribution in [-0.2, 0) is 14.3 Å². The summed E-state index contributed by atoms with van der Waals surface area (Å²) in [5.74, 6) is -0.970. The number of hydrogen-bond donors (Lipinski definition) is 0. The van der Waals surface area contributed by atoms with Crippen LogP contribution in [-0.4, -0.2) is 18.4 Å². The lowest BCUT2D eigenvalue weighted by Crippen LogP contribution is -2.23. The van der Waals surface area contributed by atoms with E-state index in [9.17, 15) is 9.59 Å². The molecule has 0 aliphatic rings. The summed E-state index contributed by atoms with van der Waals surface area (Å²) in [5, 5.41) is 0. The van der Waals surface area contributed by atoms with E-state index in [1.54, 1.807) is 13.8 Å². The van der Waals surface area contributed by atoms with Crippen molar-refractivity contribution in [3.63, 3.8) is 0 Å². The molecule has 16 heavy (non-hydrogen) atoms. The van der Waals surface area contributed by atoms with Gasteiger partial charge in [-0.25, -0.2) is 0 Å². The van der Waals surface area contributed by atoms with E-state index in [1.807, 2.05) is 0 Å². The fourth-order valence-corrected chi connectivity index (χ4v) is 1.52. The highest BCUT2D eigenvalue weighted by Crippen LogP contribution is 2.10. The Morgan fingerprint density at radius 2 is 1.69 bits per heavy atom. The summed E-state index contributed by atoms with van der Waals surface area (Å²) < 4.78 is 4.81. The van der Waals surface area contributed by atoms with Crippen LogP contribution in [0.3, 0.4) is 0 Å². The summed E-state index contributed by atoms with van der Waals surface area (Å²) >= 11 is 0. The van der Waals surface area contributed by atoms with E-state index in [0.29, 0.717) is 13.0 Å². The second-order valence-electron chi connectivity index (χ2n) is 4.10. The molecule has 0 saturated heterocycles. The molecule has 3 heteroatoms. The monoisotopic (exact) mass is 228 g/mol. The van der Waals surface area contributed by atoms with E-state index in [0.717, 1.165) is 12.8 Å². The van der Waals surface area contributed by atoms with Gasteiger partial charge >= 0.3 is 5.97 Å². The molecule has 0 spiro atoms. The molecular weight excluding hydrogens is 204 g/mol.